The summed E-state index contributed by atoms with van der Waals surface area (Å²) in [5.74, 6) is 1.14. The second-order valence-electron chi connectivity index (χ2n) is 4.15. The van der Waals surface area contributed by atoms with Crippen molar-refractivity contribution < 1.29 is 19.0 Å². The molecule has 0 aliphatic heterocycles. The van der Waals surface area contributed by atoms with E-state index in [1.54, 1.807) is 18.2 Å². The average Bonchev–Trinajstić information content (AvgIpc) is 2.95. The van der Waals surface area contributed by atoms with Crippen LogP contribution in [0.5, 0.6) is 11.5 Å². The topological polar surface area (TPSA) is 51.8 Å². The SMILES string of the molecule is CCOc1cc(Cl)c(C(O)c2ccoc2)cc1OCC. The standard InChI is InChI=1S/C15H17ClO4/c1-3-19-13-7-11(12(16)8-14(13)20-4-2)15(17)10-5-6-18-9-10/h5-9,15,17H,3-4H2,1-2H3. The molecule has 2 aromatic rings. The van der Waals surface area contributed by atoms with Gasteiger partial charge in [-0.25, -0.2) is 0 Å². The first kappa shape index (κ1) is 14.8. The van der Waals surface area contributed by atoms with Gasteiger partial charge in [-0.3, -0.25) is 0 Å². The highest BCUT2D eigenvalue weighted by molar-refractivity contribution is 6.31. The Kier molecular flexibility index (Phi) is 4.93. The summed E-state index contributed by atoms with van der Waals surface area (Å²) in [6.07, 6.45) is 2.12. The van der Waals surface area contributed by atoms with Crippen LogP contribution in [0, 0.1) is 0 Å². The van der Waals surface area contributed by atoms with Crippen molar-refractivity contribution >= 4 is 11.6 Å². The molecular formula is C15H17ClO4. The summed E-state index contributed by atoms with van der Waals surface area (Å²) in [6, 6.07) is 5.06. The predicted octanol–water partition coefficient (Wildman–Crippen LogP) is 3.81. The van der Waals surface area contributed by atoms with E-state index >= 15 is 0 Å². The molecule has 0 spiro atoms. The number of benzene rings is 1. The van der Waals surface area contributed by atoms with Gasteiger partial charge in [-0.05, 0) is 26.0 Å². The van der Waals surface area contributed by atoms with E-state index in [1.165, 1.54) is 12.5 Å². The highest BCUT2D eigenvalue weighted by Crippen LogP contribution is 2.38. The van der Waals surface area contributed by atoms with Crippen molar-refractivity contribution in [1.82, 2.24) is 0 Å². The van der Waals surface area contributed by atoms with Crippen LogP contribution >= 0.6 is 11.6 Å². The van der Waals surface area contributed by atoms with E-state index in [-0.39, 0.29) is 0 Å². The lowest BCUT2D eigenvalue weighted by Gasteiger charge is -2.16. The quantitative estimate of drug-likeness (QED) is 0.880. The summed E-state index contributed by atoms with van der Waals surface area (Å²) in [5.41, 5.74) is 1.19. The second kappa shape index (κ2) is 6.68. The Bertz CT molecular complexity index is 551. The largest absolute Gasteiger partial charge is 0.490 e. The molecule has 1 unspecified atom stereocenters. The Morgan fingerprint density at radius 2 is 1.85 bits per heavy atom. The van der Waals surface area contributed by atoms with Crippen LogP contribution in [0.1, 0.15) is 31.1 Å². The number of hydrogen-bond acceptors (Lipinski definition) is 4. The molecule has 1 heterocycles. The fourth-order valence-corrected chi connectivity index (χ4v) is 2.16. The monoisotopic (exact) mass is 296 g/mol. The average molecular weight is 297 g/mol. The van der Waals surface area contributed by atoms with Crippen molar-refractivity contribution in [2.75, 3.05) is 13.2 Å². The predicted molar refractivity (Wildman–Crippen MR) is 76.6 cm³/mol. The summed E-state index contributed by atoms with van der Waals surface area (Å²) in [6.45, 7) is 4.79. The zero-order valence-electron chi connectivity index (χ0n) is 11.4. The molecule has 0 radical (unpaired) electrons. The number of rotatable bonds is 6. The third kappa shape index (κ3) is 3.08. The van der Waals surface area contributed by atoms with Gasteiger partial charge in [0.15, 0.2) is 11.5 Å². The van der Waals surface area contributed by atoms with Gasteiger partial charge in [0, 0.05) is 17.2 Å². The molecule has 4 nitrogen and oxygen atoms in total. The molecule has 1 N–H and O–H groups in total. The van der Waals surface area contributed by atoms with Crippen molar-refractivity contribution in [3.63, 3.8) is 0 Å². The van der Waals surface area contributed by atoms with Gasteiger partial charge in [-0.2, -0.15) is 0 Å². The van der Waals surface area contributed by atoms with E-state index in [0.29, 0.717) is 40.9 Å². The van der Waals surface area contributed by atoms with Crippen LogP contribution in [0.3, 0.4) is 0 Å². The lowest BCUT2D eigenvalue weighted by Crippen LogP contribution is -2.03. The van der Waals surface area contributed by atoms with E-state index in [1.807, 2.05) is 13.8 Å². The Morgan fingerprint density at radius 1 is 1.20 bits per heavy atom. The van der Waals surface area contributed by atoms with Crippen LogP contribution in [-0.2, 0) is 0 Å². The molecule has 0 bridgehead atoms. The summed E-state index contributed by atoms with van der Waals surface area (Å²) < 4.78 is 16.0. The lowest BCUT2D eigenvalue weighted by atomic mass is 10.0. The van der Waals surface area contributed by atoms with Gasteiger partial charge in [-0.15, -0.1) is 0 Å². The maximum atomic E-state index is 10.3. The number of aliphatic hydroxyl groups is 1. The number of hydrogen-bond donors (Lipinski definition) is 1. The summed E-state index contributed by atoms with van der Waals surface area (Å²) in [7, 11) is 0. The van der Waals surface area contributed by atoms with E-state index in [9.17, 15) is 5.11 Å². The molecule has 5 heteroatoms. The molecule has 0 saturated carbocycles. The first-order valence-corrected chi connectivity index (χ1v) is 6.84. The maximum Gasteiger partial charge on any atom is 0.162 e. The normalized spacial score (nSPS) is 12.2. The third-order valence-corrected chi connectivity index (χ3v) is 3.14. The van der Waals surface area contributed by atoms with Gasteiger partial charge >= 0.3 is 0 Å². The first-order chi connectivity index (χ1) is 9.67. The fourth-order valence-electron chi connectivity index (χ4n) is 1.91. The van der Waals surface area contributed by atoms with Crippen molar-refractivity contribution in [2.45, 2.75) is 20.0 Å². The van der Waals surface area contributed by atoms with Crippen LogP contribution in [0.15, 0.2) is 35.1 Å². The summed E-state index contributed by atoms with van der Waals surface area (Å²) >= 11 is 6.22. The first-order valence-electron chi connectivity index (χ1n) is 6.46. The fraction of sp³-hybridized carbons (Fsp3) is 0.333. The lowest BCUT2D eigenvalue weighted by molar-refractivity contribution is 0.218. The molecule has 0 fully saturated rings. The third-order valence-electron chi connectivity index (χ3n) is 2.82. The molecule has 0 aliphatic carbocycles. The van der Waals surface area contributed by atoms with Gasteiger partial charge in [0.05, 0.1) is 30.8 Å². The zero-order valence-corrected chi connectivity index (χ0v) is 12.2. The molecule has 1 atom stereocenters. The van der Waals surface area contributed by atoms with Crippen LogP contribution < -0.4 is 9.47 Å². The number of furan rings is 1. The molecule has 0 saturated heterocycles. The van der Waals surface area contributed by atoms with Crippen molar-refractivity contribution in [2.24, 2.45) is 0 Å². The summed E-state index contributed by atoms with van der Waals surface area (Å²) in [4.78, 5) is 0. The van der Waals surface area contributed by atoms with Gasteiger partial charge in [0.1, 0.15) is 6.10 Å². The smallest absolute Gasteiger partial charge is 0.162 e. The number of ether oxygens (including phenoxy) is 2. The molecule has 0 aliphatic rings. The Hall–Kier alpha value is -1.65. The van der Waals surface area contributed by atoms with Crippen molar-refractivity contribution in [3.8, 4) is 11.5 Å². The highest BCUT2D eigenvalue weighted by atomic mass is 35.5. The van der Waals surface area contributed by atoms with E-state index in [4.69, 9.17) is 25.5 Å². The number of aliphatic hydroxyl groups excluding tert-OH is 1. The van der Waals surface area contributed by atoms with E-state index in [0.717, 1.165) is 0 Å². The minimum atomic E-state index is -0.865. The van der Waals surface area contributed by atoms with Gasteiger partial charge in [0.2, 0.25) is 0 Å². The van der Waals surface area contributed by atoms with Gasteiger partial charge in [0.25, 0.3) is 0 Å². The van der Waals surface area contributed by atoms with Gasteiger partial charge in [-0.1, -0.05) is 11.6 Å². The van der Waals surface area contributed by atoms with Crippen LogP contribution in [0.25, 0.3) is 0 Å². The van der Waals surface area contributed by atoms with Crippen molar-refractivity contribution in [1.29, 1.82) is 0 Å². The Balaban J connectivity index is 2.40. The number of halogens is 1. The summed E-state index contributed by atoms with van der Waals surface area (Å²) in [5, 5.41) is 10.8. The minimum Gasteiger partial charge on any atom is -0.490 e. The van der Waals surface area contributed by atoms with Crippen molar-refractivity contribution in [3.05, 3.63) is 46.9 Å². The molecule has 108 valence electrons. The molecule has 0 amide bonds. The Labute approximate surface area is 122 Å². The van der Waals surface area contributed by atoms with E-state index in [2.05, 4.69) is 0 Å². The minimum absolute atomic E-state index is 0.422. The molecule has 20 heavy (non-hydrogen) atoms. The van der Waals surface area contributed by atoms with Crippen LogP contribution in [0.2, 0.25) is 5.02 Å². The molecular weight excluding hydrogens is 280 g/mol. The maximum absolute atomic E-state index is 10.3. The molecule has 1 aromatic heterocycles. The van der Waals surface area contributed by atoms with Crippen LogP contribution in [-0.4, -0.2) is 18.3 Å². The highest BCUT2D eigenvalue weighted by Gasteiger charge is 2.19. The molecule has 1 aromatic carbocycles. The van der Waals surface area contributed by atoms with E-state index < -0.39 is 6.10 Å². The van der Waals surface area contributed by atoms with Gasteiger partial charge < -0.3 is 19.0 Å². The second-order valence-corrected chi connectivity index (χ2v) is 4.55. The molecule has 2 rings (SSSR count). The van der Waals surface area contributed by atoms with Crippen LogP contribution in [0.4, 0.5) is 0 Å². The zero-order chi connectivity index (χ0) is 14.5. The Morgan fingerprint density at radius 3 is 2.40 bits per heavy atom.